The van der Waals surface area contributed by atoms with Gasteiger partial charge in [0.15, 0.2) is 5.82 Å². The molecule has 0 unspecified atom stereocenters. The zero-order valence-electron chi connectivity index (χ0n) is 10.4. The molecule has 0 atom stereocenters. The highest BCUT2D eigenvalue weighted by molar-refractivity contribution is 14.1. The fourth-order valence-corrected chi connectivity index (χ4v) is 2.18. The van der Waals surface area contributed by atoms with Gasteiger partial charge in [-0.3, -0.25) is 0 Å². The van der Waals surface area contributed by atoms with E-state index in [9.17, 15) is 4.39 Å². The molecule has 100 valence electrons. The predicted octanol–water partition coefficient (Wildman–Crippen LogP) is 2.47. The van der Waals surface area contributed by atoms with Crippen LogP contribution in [-0.2, 0) is 11.3 Å². The molecule has 2 heterocycles. The van der Waals surface area contributed by atoms with Gasteiger partial charge >= 0.3 is 0 Å². The maximum absolute atomic E-state index is 12.9. The number of pyridine rings is 1. The first-order chi connectivity index (χ1) is 9.15. The Morgan fingerprint density at radius 1 is 1.37 bits per heavy atom. The van der Waals surface area contributed by atoms with Crippen LogP contribution in [0.15, 0.2) is 18.3 Å². The summed E-state index contributed by atoms with van der Waals surface area (Å²) < 4.78 is 18.9. The molecular formula is C12H12FIN4O. The van der Waals surface area contributed by atoms with Gasteiger partial charge in [-0.1, -0.05) is 0 Å². The Kier molecular flexibility index (Phi) is 4.59. The van der Waals surface area contributed by atoms with Crippen LogP contribution in [0.5, 0.6) is 0 Å². The lowest BCUT2D eigenvalue weighted by atomic mass is 10.3. The van der Waals surface area contributed by atoms with Crippen LogP contribution in [0, 0.1) is 9.39 Å². The highest BCUT2D eigenvalue weighted by atomic mass is 127. The minimum Gasteiger partial charge on any atom is -0.378 e. The van der Waals surface area contributed by atoms with Crippen LogP contribution in [0.25, 0.3) is 11.5 Å². The number of nitrogens with one attached hydrogen (secondary N) is 1. The van der Waals surface area contributed by atoms with Gasteiger partial charge in [-0.05, 0) is 34.7 Å². The number of methoxy groups -OCH3 is 1. The van der Waals surface area contributed by atoms with Crippen molar-refractivity contribution in [3.05, 3.63) is 33.4 Å². The summed E-state index contributed by atoms with van der Waals surface area (Å²) >= 11 is 2.16. The third-order valence-electron chi connectivity index (χ3n) is 2.39. The van der Waals surface area contributed by atoms with Gasteiger partial charge < -0.3 is 10.1 Å². The van der Waals surface area contributed by atoms with E-state index < -0.39 is 0 Å². The van der Waals surface area contributed by atoms with Crippen molar-refractivity contribution in [2.24, 2.45) is 0 Å². The smallest absolute Gasteiger partial charge is 0.180 e. The number of rotatable bonds is 4. The highest BCUT2D eigenvalue weighted by Gasteiger charge is 2.13. The summed E-state index contributed by atoms with van der Waals surface area (Å²) in [6, 6.07) is 2.88. The van der Waals surface area contributed by atoms with E-state index in [1.54, 1.807) is 20.2 Å². The minimum atomic E-state index is -0.389. The van der Waals surface area contributed by atoms with Gasteiger partial charge in [-0.25, -0.2) is 19.3 Å². The van der Waals surface area contributed by atoms with Gasteiger partial charge in [-0.2, -0.15) is 0 Å². The average molecular weight is 374 g/mol. The molecule has 2 rings (SSSR count). The lowest BCUT2D eigenvalue weighted by molar-refractivity contribution is 0.181. The van der Waals surface area contributed by atoms with Crippen molar-refractivity contribution >= 4 is 28.4 Å². The highest BCUT2D eigenvalue weighted by Crippen LogP contribution is 2.23. The Morgan fingerprint density at radius 2 is 2.16 bits per heavy atom. The molecule has 0 fully saturated rings. The summed E-state index contributed by atoms with van der Waals surface area (Å²) in [4.78, 5) is 12.7. The van der Waals surface area contributed by atoms with Gasteiger partial charge in [0, 0.05) is 14.2 Å². The molecule has 0 saturated heterocycles. The lowest BCUT2D eigenvalue weighted by Crippen LogP contribution is -2.06. The molecule has 0 aliphatic rings. The fraction of sp³-hybridized carbons (Fsp3) is 0.250. The third-order valence-corrected chi connectivity index (χ3v) is 3.53. The van der Waals surface area contributed by atoms with Crippen LogP contribution in [0.1, 0.15) is 5.69 Å². The summed E-state index contributed by atoms with van der Waals surface area (Å²) in [5.74, 6) is 0.751. The topological polar surface area (TPSA) is 59.9 Å². The summed E-state index contributed by atoms with van der Waals surface area (Å²) in [7, 11) is 3.38. The maximum Gasteiger partial charge on any atom is 0.180 e. The van der Waals surface area contributed by atoms with E-state index in [-0.39, 0.29) is 5.82 Å². The Bertz CT molecular complexity index is 577. The van der Waals surface area contributed by atoms with Crippen LogP contribution >= 0.6 is 22.6 Å². The van der Waals surface area contributed by atoms with Crippen LogP contribution in [0.4, 0.5) is 10.2 Å². The molecule has 7 heteroatoms. The summed E-state index contributed by atoms with van der Waals surface area (Å²) in [5, 5.41) is 3.00. The van der Waals surface area contributed by atoms with Gasteiger partial charge in [0.1, 0.15) is 17.3 Å². The number of hydrogen-bond acceptors (Lipinski definition) is 5. The van der Waals surface area contributed by atoms with E-state index in [4.69, 9.17) is 4.74 Å². The normalized spacial score (nSPS) is 10.5. The van der Waals surface area contributed by atoms with E-state index in [0.717, 1.165) is 15.5 Å². The number of anilines is 1. The van der Waals surface area contributed by atoms with E-state index in [1.807, 2.05) is 0 Å². The van der Waals surface area contributed by atoms with E-state index in [1.165, 1.54) is 6.07 Å². The lowest BCUT2D eigenvalue weighted by Gasteiger charge is -2.10. The quantitative estimate of drug-likeness (QED) is 0.834. The summed E-state index contributed by atoms with van der Waals surface area (Å²) in [5.41, 5.74) is 1.29. The Morgan fingerprint density at radius 3 is 2.74 bits per heavy atom. The van der Waals surface area contributed by atoms with Crippen molar-refractivity contribution in [3.8, 4) is 11.5 Å². The van der Waals surface area contributed by atoms with E-state index >= 15 is 0 Å². The summed E-state index contributed by atoms with van der Waals surface area (Å²) in [6.45, 7) is 0.379. The molecular weight excluding hydrogens is 362 g/mol. The second kappa shape index (κ2) is 6.20. The van der Waals surface area contributed by atoms with Crippen molar-refractivity contribution in [2.75, 3.05) is 19.5 Å². The largest absolute Gasteiger partial charge is 0.378 e. The molecule has 0 aromatic carbocycles. The minimum absolute atomic E-state index is 0.379. The zero-order valence-corrected chi connectivity index (χ0v) is 12.6. The molecule has 2 aromatic rings. The molecule has 0 spiro atoms. The number of nitrogens with zero attached hydrogens (tertiary/aromatic N) is 3. The van der Waals surface area contributed by atoms with Gasteiger partial charge in [0.2, 0.25) is 0 Å². The van der Waals surface area contributed by atoms with Crippen molar-refractivity contribution in [3.63, 3.8) is 0 Å². The Hall–Kier alpha value is -1.35. The van der Waals surface area contributed by atoms with Crippen molar-refractivity contribution in [1.29, 1.82) is 0 Å². The van der Waals surface area contributed by atoms with E-state index in [0.29, 0.717) is 23.9 Å². The molecule has 19 heavy (non-hydrogen) atoms. The standard InChI is InChI=1S/C12H12FIN4O/c1-15-12-10(14)9(6-19-2)17-11(18-12)8-4-3-7(13)5-16-8/h3-5H,6H2,1-2H3,(H,15,17,18). The third kappa shape index (κ3) is 3.16. The van der Waals surface area contributed by atoms with Crippen molar-refractivity contribution in [1.82, 2.24) is 15.0 Å². The van der Waals surface area contributed by atoms with Crippen LogP contribution in [0.3, 0.4) is 0 Å². The molecule has 1 N–H and O–H groups in total. The van der Waals surface area contributed by atoms with Crippen molar-refractivity contribution < 1.29 is 9.13 Å². The number of halogens is 2. The Balaban J connectivity index is 2.51. The fourth-order valence-electron chi connectivity index (χ4n) is 1.51. The second-order valence-electron chi connectivity index (χ2n) is 3.70. The van der Waals surface area contributed by atoms with Crippen LogP contribution in [0.2, 0.25) is 0 Å². The van der Waals surface area contributed by atoms with Gasteiger partial charge in [0.05, 0.1) is 22.1 Å². The first-order valence-electron chi connectivity index (χ1n) is 5.50. The molecule has 0 bridgehead atoms. The van der Waals surface area contributed by atoms with Crippen LogP contribution < -0.4 is 5.32 Å². The molecule has 5 nitrogen and oxygen atoms in total. The molecule has 0 radical (unpaired) electrons. The zero-order chi connectivity index (χ0) is 13.8. The monoisotopic (exact) mass is 374 g/mol. The average Bonchev–Trinajstić information content (AvgIpc) is 2.42. The summed E-state index contributed by atoms with van der Waals surface area (Å²) in [6.07, 6.45) is 1.14. The maximum atomic E-state index is 12.9. The Labute approximate surface area is 123 Å². The number of ether oxygens (including phenoxy) is 1. The number of hydrogen-bond donors (Lipinski definition) is 1. The molecule has 0 aliphatic carbocycles. The molecule has 0 aliphatic heterocycles. The van der Waals surface area contributed by atoms with Crippen molar-refractivity contribution in [2.45, 2.75) is 6.61 Å². The SMILES string of the molecule is CNc1nc(-c2ccc(F)cn2)nc(COC)c1I. The van der Waals surface area contributed by atoms with Gasteiger partial charge in [0.25, 0.3) is 0 Å². The molecule has 0 saturated carbocycles. The van der Waals surface area contributed by atoms with Crippen LogP contribution in [-0.4, -0.2) is 29.1 Å². The number of aromatic nitrogens is 3. The second-order valence-corrected chi connectivity index (χ2v) is 4.78. The molecule has 0 amide bonds. The first kappa shape index (κ1) is 14.1. The van der Waals surface area contributed by atoms with Gasteiger partial charge in [-0.15, -0.1) is 0 Å². The van der Waals surface area contributed by atoms with E-state index in [2.05, 4.69) is 42.9 Å². The molecule has 2 aromatic heterocycles. The first-order valence-corrected chi connectivity index (χ1v) is 6.58. The predicted molar refractivity (Wildman–Crippen MR) is 78.2 cm³/mol.